The zero-order chi connectivity index (χ0) is 22.1. The molecule has 3 aromatic carbocycles. The smallest absolute Gasteiger partial charge is 0.343 e. The molecule has 6 heteroatoms. The highest BCUT2D eigenvalue weighted by atomic mass is 16.5. The Balaban J connectivity index is 1.53. The number of methoxy groups -OCH3 is 1. The van der Waals surface area contributed by atoms with Gasteiger partial charge in [-0.3, -0.25) is 0 Å². The van der Waals surface area contributed by atoms with E-state index in [0.29, 0.717) is 35.3 Å². The number of esters is 1. The fourth-order valence-electron chi connectivity index (χ4n) is 2.61. The third kappa shape index (κ3) is 6.96. The number of azo groups is 1. The number of ether oxygens (including phenoxy) is 3. The third-order valence-corrected chi connectivity index (χ3v) is 4.45. The van der Waals surface area contributed by atoms with Gasteiger partial charge < -0.3 is 14.2 Å². The molecular weight excluding hydrogens is 392 g/mol. The summed E-state index contributed by atoms with van der Waals surface area (Å²) in [7, 11) is 1.57. The van der Waals surface area contributed by atoms with E-state index < -0.39 is 5.97 Å². The lowest BCUT2D eigenvalue weighted by molar-refractivity contribution is 0.0734. The molecule has 0 radical (unpaired) electrons. The van der Waals surface area contributed by atoms with Gasteiger partial charge in [0.05, 0.1) is 30.7 Å². The van der Waals surface area contributed by atoms with Crippen molar-refractivity contribution in [2.75, 3.05) is 13.7 Å². The van der Waals surface area contributed by atoms with Gasteiger partial charge in [-0.1, -0.05) is 13.8 Å². The molecule has 0 saturated heterocycles. The number of carbonyl (C=O) groups excluding carboxylic acids is 1. The molecule has 160 valence electrons. The summed E-state index contributed by atoms with van der Waals surface area (Å²) in [6.45, 7) is 5.04. The zero-order valence-corrected chi connectivity index (χ0v) is 17.9. The van der Waals surface area contributed by atoms with Gasteiger partial charge in [0, 0.05) is 0 Å². The number of hydrogen-bond donors (Lipinski definition) is 0. The second-order valence-electron chi connectivity index (χ2n) is 7.34. The molecule has 0 unspecified atom stereocenters. The van der Waals surface area contributed by atoms with Gasteiger partial charge in [0.1, 0.15) is 17.2 Å². The summed E-state index contributed by atoms with van der Waals surface area (Å²) in [5.74, 6) is 2.11. The van der Waals surface area contributed by atoms with E-state index in [2.05, 4.69) is 24.1 Å². The largest absolute Gasteiger partial charge is 0.497 e. The minimum atomic E-state index is -0.437. The molecule has 0 fully saturated rings. The van der Waals surface area contributed by atoms with Gasteiger partial charge in [-0.2, -0.15) is 10.2 Å². The predicted molar refractivity (Wildman–Crippen MR) is 120 cm³/mol. The molecule has 6 nitrogen and oxygen atoms in total. The van der Waals surface area contributed by atoms with Gasteiger partial charge >= 0.3 is 5.97 Å². The quantitative estimate of drug-likeness (QED) is 0.219. The van der Waals surface area contributed by atoms with Crippen LogP contribution in [-0.4, -0.2) is 19.7 Å². The summed E-state index contributed by atoms with van der Waals surface area (Å²) in [6.07, 6.45) is 1.02. The Morgan fingerprint density at radius 3 is 1.81 bits per heavy atom. The van der Waals surface area contributed by atoms with E-state index in [4.69, 9.17) is 14.2 Å². The topological polar surface area (TPSA) is 69.5 Å². The highest BCUT2D eigenvalue weighted by Crippen LogP contribution is 2.24. The molecule has 0 bridgehead atoms. The van der Waals surface area contributed by atoms with Crippen LogP contribution in [0.15, 0.2) is 83.0 Å². The first-order valence-electron chi connectivity index (χ1n) is 10.1. The molecule has 0 aromatic heterocycles. The summed E-state index contributed by atoms with van der Waals surface area (Å²) in [5.41, 5.74) is 1.83. The average molecular weight is 418 g/mol. The maximum absolute atomic E-state index is 12.2. The molecule has 0 spiro atoms. The Morgan fingerprint density at radius 1 is 0.774 bits per heavy atom. The van der Waals surface area contributed by atoms with Crippen molar-refractivity contribution in [3.05, 3.63) is 78.4 Å². The third-order valence-electron chi connectivity index (χ3n) is 4.45. The lowest BCUT2D eigenvalue weighted by atomic mass is 10.1. The van der Waals surface area contributed by atoms with E-state index in [1.54, 1.807) is 55.6 Å². The van der Waals surface area contributed by atoms with E-state index in [9.17, 15) is 4.79 Å². The second kappa shape index (κ2) is 10.9. The van der Waals surface area contributed by atoms with Crippen molar-refractivity contribution in [3.63, 3.8) is 0 Å². The van der Waals surface area contributed by atoms with Crippen LogP contribution in [0, 0.1) is 5.92 Å². The van der Waals surface area contributed by atoms with E-state index in [0.717, 1.165) is 17.9 Å². The monoisotopic (exact) mass is 418 g/mol. The van der Waals surface area contributed by atoms with Crippen LogP contribution in [0.3, 0.4) is 0 Å². The number of nitrogens with zero attached hydrogens (tertiary/aromatic N) is 2. The highest BCUT2D eigenvalue weighted by molar-refractivity contribution is 5.91. The normalized spacial score (nSPS) is 11.0. The first-order valence-corrected chi connectivity index (χ1v) is 10.1. The first kappa shape index (κ1) is 22.0. The fourth-order valence-corrected chi connectivity index (χ4v) is 2.61. The molecule has 0 saturated carbocycles. The van der Waals surface area contributed by atoms with Crippen LogP contribution in [0.1, 0.15) is 30.6 Å². The molecule has 0 aliphatic rings. The Kier molecular flexibility index (Phi) is 7.76. The van der Waals surface area contributed by atoms with E-state index in [1.165, 1.54) is 0 Å². The summed E-state index contributed by atoms with van der Waals surface area (Å²) < 4.78 is 16.2. The Labute approximate surface area is 182 Å². The molecule has 0 aliphatic heterocycles. The SMILES string of the molecule is COc1ccc(C(=O)Oc2ccc(N=Nc3ccc(OCCC(C)C)cc3)cc2)cc1. The maximum Gasteiger partial charge on any atom is 0.343 e. The zero-order valence-electron chi connectivity index (χ0n) is 17.9. The minimum Gasteiger partial charge on any atom is -0.497 e. The van der Waals surface area contributed by atoms with Crippen LogP contribution in [-0.2, 0) is 0 Å². The lowest BCUT2D eigenvalue weighted by Crippen LogP contribution is -2.08. The van der Waals surface area contributed by atoms with Gasteiger partial charge in [-0.05, 0) is 85.1 Å². The number of rotatable bonds is 9. The fraction of sp³-hybridized carbons (Fsp3) is 0.240. The van der Waals surface area contributed by atoms with Crippen molar-refractivity contribution in [1.82, 2.24) is 0 Å². The summed E-state index contributed by atoms with van der Waals surface area (Å²) in [4.78, 5) is 12.2. The standard InChI is InChI=1S/C25H26N2O4/c1-18(2)16-17-30-23-12-6-20(7-13-23)26-27-21-8-14-24(15-9-21)31-25(28)19-4-10-22(29-3)11-5-19/h4-15,18H,16-17H2,1-3H3. The van der Waals surface area contributed by atoms with Crippen molar-refractivity contribution in [2.24, 2.45) is 16.1 Å². The van der Waals surface area contributed by atoms with E-state index >= 15 is 0 Å². The molecular formula is C25H26N2O4. The summed E-state index contributed by atoms with van der Waals surface area (Å²) in [5, 5.41) is 8.45. The number of benzene rings is 3. The van der Waals surface area contributed by atoms with Crippen LogP contribution in [0.25, 0.3) is 0 Å². The first-order chi connectivity index (χ1) is 15.0. The van der Waals surface area contributed by atoms with Gasteiger partial charge in [0.25, 0.3) is 0 Å². The molecule has 0 heterocycles. The van der Waals surface area contributed by atoms with Gasteiger partial charge in [-0.25, -0.2) is 4.79 Å². The predicted octanol–water partition coefficient (Wildman–Crippen LogP) is 6.75. The van der Waals surface area contributed by atoms with Gasteiger partial charge in [-0.15, -0.1) is 0 Å². The number of carbonyl (C=O) groups is 1. The molecule has 0 atom stereocenters. The average Bonchev–Trinajstić information content (AvgIpc) is 2.79. The molecule has 31 heavy (non-hydrogen) atoms. The Morgan fingerprint density at radius 2 is 1.29 bits per heavy atom. The van der Waals surface area contributed by atoms with Crippen LogP contribution in [0.4, 0.5) is 11.4 Å². The molecule has 0 amide bonds. The molecule has 3 aromatic rings. The molecule has 0 N–H and O–H groups in total. The number of hydrogen-bond acceptors (Lipinski definition) is 6. The van der Waals surface area contributed by atoms with Crippen LogP contribution < -0.4 is 14.2 Å². The van der Waals surface area contributed by atoms with Crippen molar-refractivity contribution in [2.45, 2.75) is 20.3 Å². The highest BCUT2D eigenvalue weighted by Gasteiger charge is 2.08. The van der Waals surface area contributed by atoms with Gasteiger partial charge in [0.2, 0.25) is 0 Å². The van der Waals surface area contributed by atoms with Crippen molar-refractivity contribution >= 4 is 17.3 Å². The molecule has 3 rings (SSSR count). The van der Waals surface area contributed by atoms with Crippen LogP contribution in [0.2, 0.25) is 0 Å². The summed E-state index contributed by atoms with van der Waals surface area (Å²) in [6, 6.07) is 21.1. The lowest BCUT2D eigenvalue weighted by Gasteiger charge is -2.07. The molecule has 0 aliphatic carbocycles. The maximum atomic E-state index is 12.2. The van der Waals surface area contributed by atoms with Crippen molar-refractivity contribution in [3.8, 4) is 17.2 Å². The van der Waals surface area contributed by atoms with Crippen molar-refractivity contribution < 1.29 is 19.0 Å². The Bertz CT molecular complexity index is 995. The van der Waals surface area contributed by atoms with Gasteiger partial charge in [0.15, 0.2) is 0 Å². The Hall–Kier alpha value is -3.67. The summed E-state index contributed by atoms with van der Waals surface area (Å²) >= 11 is 0. The second-order valence-corrected chi connectivity index (χ2v) is 7.34. The van der Waals surface area contributed by atoms with Crippen LogP contribution in [0.5, 0.6) is 17.2 Å². The minimum absolute atomic E-state index is 0.433. The van der Waals surface area contributed by atoms with E-state index in [-0.39, 0.29) is 0 Å². The van der Waals surface area contributed by atoms with E-state index in [1.807, 2.05) is 24.3 Å². The van der Waals surface area contributed by atoms with Crippen LogP contribution >= 0.6 is 0 Å². The van der Waals surface area contributed by atoms with Crippen molar-refractivity contribution in [1.29, 1.82) is 0 Å².